The first-order chi connectivity index (χ1) is 13.3. The van der Waals surface area contributed by atoms with Gasteiger partial charge in [0.15, 0.2) is 0 Å². The molecule has 5 nitrogen and oxygen atoms in total. The molecule has 0 unspecified atom stereocenters. The van der Waals surface area contributed by atoms with Crippen LogP contribution in [0.25, 0.3) is 22.1 Å². The zero-order valence-corrected chi connectivity index (χ0v) is 17.7. The van der Waals surface area contributed by atoms with Crippen LogP contribution >= 0.6 is 12.4 Å². The van der Waals surface area contributed by atoms with Crippen LogP contribution in [0.4, 0.5) is 5.69 Å². The summed E-state index contributed by atoms with van der Waals surface area (Å²) in [6.07, 6.45) is 0. The Morgan fingerprint density at radius 3 is 1.55 bits per heavy atom. The first-order valence-electron chi connectivity index (χ1n) is 9.02. The van der Waals surface area contributed by atoms with Crippen molar-refractivity contribution in [3.8, 4) is 0 Å². The van der Waals surface area contributed by atoms with Crippen LogP contribution in [0.15, 0.2) is 78.9 Å². The number of aromatic amines is 2. The summed E-state index contributed by atoms with van der Waals surface area (Å²) in [5.41, 5.74) is 5.24. The van der Waals surface area contributed by atoms with Crippen LogP contribution < -0.4 is 4.90 Å². The van der Waals surface area contributed by atoms with Crippen molar-refractivity contribution in [1.82, 2.24) is 19.9 Å². The fourth-order valence-corrected chi connectivity index (χ4v) is 3.40. The van der Waals surface area contributed by atoms with Crippen molar-refractivity contribution in [3.63, 3.8) is 0 Å². The van der Waals surface area contributed by atoms with Crippen LogP contribution in [-0.4, -0.2) is 19.9 Å². The number of rotatable bonds is 5. The predicted molar refractivity (Wildman–Crippen MR) is 116 cm³/mol. The van der Waals surface area contributed by atoms with E-state index < -0.39 is 0 Å². The van der Waals surface area contributed by atoms with Crippen LogP contribution in [0, 0.1) is 0 Å². The molecule has 0 saturated heterocycles. The number of para-hydroxylation sites is 5. The smallest absolute Gasteiger partial charge is 0.126 e. The Kier molecular flexibility index (Phi) is 6.61. The summed E-state index contributed by atoms with van der Waals surface area (Å²) in [4.78, 5) is 18.6. The first kappa shape index (κ1) is 20.9. The van der Waals surface area contributed by atoms with Gasteiger partial charge in [0.05, 0.1) is 35.2 Å². The average Bonchev–Trinajstić information content (AvgIpc) is 3.30. The predicted octanol–water partition coefficient (Wildman–Crippen LogP) is 5.07. The molecule has 2 aromatic heterocycles. The zero-order valence-electron chi connectivity index (χ0n) is 15.6. The molecular formula is C22H20ClCrN5. The van der Waals surface area contributed by atoms with E-state index in [0.29, 0.717) is 13.1 Å². The molecule has 5 aromatic rings. The second-order valence-corrected chi connectivity index (χ2v) is 6.59. The normalized spacial score (nSPS) is 10.5. The summed E-state index contributed by atoms with van der Waals surface area (Å²) in [7, 11) is 0. The third-order valence-corrected chi connectivity index (χ3v) is 4.68. The van der Waals surface area contributed by atoms with E-state index in [1.54, 1.807) is 0 Å². The zero-order chi connectivity index (χ0) is 18.1. The molecule has 5 rings (SSSR count). The third-order valence-electron chi connectivity index (χ3n) is 4.68. The van der Waals surface area contributed by atoms with E-state index in [2.05, 4.69) is 51.3 Å². The number of aromatic nitrogens is 4. The van der Waals surface area contributed by atoms with Gasteiger partial charge < -0.3 is 14.9 Å². The Morgan fingerprint density at radius 1 is 0.621 bits per heavy atom. The summed E-state index contributed by atoms with van der Waals surface area (Å²) in [6.45, 7) is 1.35. The quantitative estimate of drug-likeness (QED) is 0.400. The Morgan fingerprint density at radius 2 is 1.07 bits per heavy atom. The van der Waals surface area contributed by atoms with Gasteiger partial charge in [0.2, 0.25) is 0 Å². The fraction of sp³-hybridized carbons (Fsp3) is 0.0909. The maximum atomic E-state index is 4.73. The van der Waals surface area contributed by atoms with Crippen molar-refractivity contribution >= 4 is 40.2 Å². The fourth-order valence-electron chi connectivity index (χ4n) is 3.40. The molecule has 3 aromatic carbocycles. The minimum atomic E-state index is 0. The Hall–Kier alpha value is -2.78. The molecule has 0 aliphatic rings. The number of imidazole rings is 2. The van der Waals surface area contributed by atoms with Crippen molar-refractivity contribution in [2.24, 2.45) is 0 Å². The largest absolute Gasteiger partial charge is 0.357 e. The van der Waals surface area contributed by atoms with Gasteiger partial charge in [0, 0.05) is 23.0 Å². The second-order valence-electron chi connectivity index (χ2n) is 6.59. The van der Waals surface area contributed by atoms with Gasteiger partial charge in [-0.3, -0.25) is 0 Å². The minimum absolute atomic E-state index is 0. The molecule has 0 amide bonds. The van der Waals surface area contributed by atoms with E-state index in [1.807, 2.05) is 42.5 Å². The molecular weight excluding hydrogens is 422 g/mol. The molecule has 0 spiro atoms. The van der Waals surface area contributed by atoms with E-state index >= 15 is 0 Å². The number of nitrogens with zero attached hydrogens (tertiary/aromatic N) is 3. The maximum absolute atomic E-state index is 4.73. The van der Waals surface area contributed by atoms with Gasteiger partial charge in [0.1, 0.15) is 11.6 Å². The van der Waals surface area contributed by atoms with Crippen molar-refractivity contribution in [2.45, 2.75) is 13.1 Å². The molecule has 0 aliphatic carbocycles. The number of benzene rings is 3. The first-order valence-corrected chi connectivity index (χ1v) is 9.02. The average molecular weight is 442 g/mol. The van der Waals surface area contributed by atoms with E-state index in [0.717, 1.165) is 39.4 Å². The number of fused-ring (bicyclic) bond motifs is 2. The Balaban J connectivity index is 0.00000120. The van der Waals surface area contributed by atoms with Crippen LogP contribution in [-0.2, 0) is 30.5 Å². The van der Waals surface area contributed by atoms with Gasteiger partial charge in [-0.2, -0.15) is 0 Å². The topological polar surface area (TPSA) is 60.6 Å². The summed E-state index contributed by atoms with van der Waals surface area (Å²) in [5, 5.41) is 0. The molecule has 0 radical (unpaired) electrons. The summed E-state index contributed by atoms with van der Waals surface area (Å²) in [5.74, 6) is 1.88. The molecule has 2 heterocycles. The van der Waals surface area contributed by atoms with Gasteiger partial charge in [-0.25, -0.2) is 9.97 Å². The minimum Gasteiger partial charge on any atom is -0.357 e. The Bertz CT molecular complexity index is 1060. The van der Waals surface area contributed by atoms with Gasteiger partial charge in [0.25, 0.3) is 0 Å². The van der Waals surface area contributed by atoms with Gasteiger partial charge >= 0.3 is 0 Å². The van der Waals surface area contributed by atoms with Crippen molar-refractivity contribution in [3.05, 3.63) is 90.5 Å². The van der Waals surface area contributed by atoms with Gasteiger partial charge in [-0.05, 0) is 36.4 Å². The van der Waals surface area contributed by atoms with Crippen LogP contribution in [0.5, 0.6) is 0 Å². The summed E-state index contributed by atoms with van der Waals surface area (Å²) in [6, 6.07) is 26.6. The van der Waals surface area contributed by atoms with Gasteiger partial charge in [-0.15, -0.1) is 12.4 Å². The third kappa shape index (κ3) is 4.46. The molecule has 0 aliphatic heterocycles. The number of H-pyrrole nitrogens is 2. The number of hydrogen-bond donors (Lipinski definition) is 2. The second kappa shape index (κ2) is 9.15. The molecule has 0 fully saturated rings. The number of halogens is 1. The maximum Gasteiger partial charge on any atom is 0.126 e. The number of hydrogen-bond acceptors (Lipinski definition) is 3. The van der Waals surface area contributed by atoms with Gasteiger partial charge in [-0.1, -0.05) is 42.5 Å². The van der Waals surface area contributed by atoms with Crippen molar-refractivity contribution < 1.29 is 17.4 Å². The molecule has 29 heavy (non-hydrogen) atoms. The number of anilines is 1. The monoisotopic (exact) mass is 441 g/mol. The molecule has 146 valence electrons. The molecule has 0 saturated carbocycles. The number of nitrogens with one attached hydrogen (secondary N) is 2. The Labute approximate surface area is 185 Å². The van der Waals surface area contributed by atoms with Crippen LogP contribution in [0.1, 0.15) is 11.6 Å². The SMILES string of the molecule is Cl.[Cr].c1ccc(N(Cc2nc3ccccc3[nH]2)Cc2nc3ccccc3[nH]2)cc1. The standard InChI is InChI=1S/C22H19N5.ClH.Cr/c1-2-8-16(9-3-1)27(14-21-23-17-10-4-5-11-18(17)24-21)15-22-25-19-12-6-7-13-20(19)26-22;;/h1-13H,14-15H2,(H,23,24)(H,25,26);1H;. The molecule has 7 heteroatoms. The van der Waals surface area contributed by atoms with Crippen molar-refractivity contribution in [2.75, 3.05) is 4.90 Å². The van der Waals surface area contributed by atoms with Crippen LogP contribution in [0.2, 0.25) is 0 Å². The van der Waals surface area contributed by atoms with E-state index in [1.165, 1.54) is 0 Å². The van der Waals surface area contributed by atoms with E-state index in [4.69, 9.17) is 9.97 Å². The molecule has 2 N–H and O–H groups in total. The van der Waals surface area contributed by atoms with E-state index in [9.17, 15) is 0 Å². The van der Waals surface area contributed by atoms with E-state index in [-0.39, 0.29) is 29.8 Å². The summed E-state index contributed by atoms with van der Waals surface area (Å²) >= 11 is 0. The van der Waals surface area contributed by atoms with Crippen molar-refractivity contribution in [1.29, 1.82) is 0 Å². The molecule has 0 atom stereocenters. The van der Waals surface area contributed by atoms with Crippen LogP contribution in [0.3, 0.4) is 0 Å². The summed E-state index contributed by atoms with van der Waals surface area (Å²) < 4.78 is 0. The molecule has 0 bridgehead atoms.